The molecule has 0 heterocycles. The van der Waals surface area contributed by atoms with Gasteiger partial charge in [0.25, 0.3) is 0 Å². The second-order valence-corrected chi connectivity index (χ2v) is 7.33. The van der Waals surface area contributed by atoms with Crippen molar-refractivity contribution >= 4 is 32.5 Å². The maximum absolute atomic E-state index is 11.8. The van der Waals surface area contributed by atoms with Crippen LogP contribution in [0.15, 0.2) is 34.1 Å². The summed E-state index contributed by atoms with van der Waals surface area (Å²) in [6.45, 7) is 0.765. The normalized spacial score (nSPS) is 11.9. The van der Waals surface area contributed by atoms with E-state index in [-0.39, 0.29) is 28.7 Å². The lowest BCUT2D eigenvalue weighted by Crippen LogP contribution is -2.30. The average molecular weight is 344 g/mol. The summed E-state index contributed by atoms with van der Waals surface area (Å²) in [5.41, 5.74) is 0. The first-order valence-electron chi connectivity index (χ1n) is 5.51. The highest BCUT2D eigenvalue weighted by Gasteiger charge is 2.16. The summed E-state index contributed by atoms with van der Waals surface area (Å²) in [5, 5.41) is 2.81. The van der Waals surface area contributed by atoms with Crippen LogP contribution in [0.1, 0.15) is 0 Å². The monoisotopic (exact) mass is 343 g/mol. The van der Waals surface area contributed by atoms with E-state index in [4.69, 9.17) is 0 Å². The summed E-state index contributed by atoms with van der Waals surface area (Å²) in [6, 6.07) is 5.01. The minimum absolute atomic E-state index is 0. The van der Waals surface area contributed by atoms with Crippen LogP contribution in [0.2, 0.25) is 0 Å². The maximum atomic E-state index is 11.8. The second-order valence-electron chi connectivity index (χ2n) is 3.68. The SMILES string of the molecule is CNCCNS(=O)(=O)c1ccc(S(=O)(=O)NC)cc1.Cl. The van der Waals surface area contributed by atoms with Gasteiger partial charge in [0.1, 0.15) is 0 Å². The van der Waals surface area contributed by atoms with Gasteiger partial charge in [-0.15, -0.1) is 12.4 Å². The largest absolute Gasteiger partial charge is 0.318 e. The summed E-state index contributed by atoms with van der Waals surface area (Å²) in [6.07, 6.45) is 0. The molecule has 0 aliphatic carbocycles. The minimum atomic E-state index is -3.61. The Kier molecular flexibility index (Phi) is 7.63. The van der Waals surface area contributed by atoms with Crippen LogP contribution in [-0.2, 0) is 20.0 Å². The van der Waals surface area contributed by atoms with Gasteiger partial charge in [0.15, 0.2) is 0 Å². The van der Waals surface area contributed by atoms with E-state index in [9.17, 15) is 16.8 Å². The molecule has 0 fully saturated rings. The summed E-state index contributed by atoms with van der Waals surface area (Å²) >= 11 is 0. The van der Waals surface area contributed by atoms with Crippen LogP contribution < -0.4 is 14.8 Å². The fraction of sp³-hybridized carbons (Fsp3) is 0.400. The van der Waals surface area contributed by atoms with Crippen molar-refractivity contribution in [2.24, 2.45) is 0 Å². The van der Waals surface area contributed by atoms with E-state index in [0.717, 1.165) is 0 Å². The molecule has 3 N–H and O–H groups in total. The Balaban J connectivity index is 0.00000361. The number of likely N-dealkylation sites (N-methyl/N-ethyl adjacent to an activating group) is 1. The van der Waals surface area contributed by atoms with Gasteiger partial charge in [-0.25, -0.2) is 26.3 Å². The molecule has 1 aromatic rings. The van der Waals surface area contributed by atoms with Crippen molar-refractivity contribution in [3.8, 4) is 0 Å². The first-order chi connectivity index (χ1) is 8.83. The van der Waals surface area contributed by atoms with Crippen LogP contribution in [0.4, 0.5) is 0 Å². The summed E-state index contributed by atoms with van der Waals surface area (Å²) < 4.78 is 51.2. The van der Waals surface area contributed by atoms with Gasteiger partial charge in [-0.05, 0) is 38.4 Å². The lowest BCUT2D eigenvalue weighted by Gasteiger charge is -2.07. The molecular formula is C10H18ClN3O4S2. The van der Waals surface area contributed by atoms with Gasteiger partial charge in [-0.1, -0.05) is 0 Å². The Morgan fingerprint density at radius 2 is 1.30 bits per heavy atom. The number of benzene rings is 1. The molecule has 20 heavy (non-hydrogen) atoms. The molecule has 10 heteroatoms. The van der Waals surface area contributed by atoms with E-state index in [1.165, 1.54) is 31.3 Å². The highest BCUT2D eigenvalue weighted by Crippen LogP contribution is 2.13. The summed E-state index contributed by atoms with van der Waals surface area (Å²) in [4.78, 5) is 0.0443. The van der Waals surface area contributed by atoms with Crippen LogP contribution in [0, 0.1) is 0 Å². The molecule has 0 aromatic heterocycles. The van der Waals surface area contributed by atoms with Crippen molar-refractivity contribution in [1.82, 2.24) is 14.8 Å². The zero-order chi connectivity index (χ0) is 14.5. The highest BCUT2D eigenvalue weighted by molar-refractivity contribution is 7.90. The maximum Gasteiger partial charge on any atom is 0.240 e. The Labute approximate surface area is 125 Å². The van der Waals surface area contributed by atoms with Crippen LogP contribution in [0.25, 0.3) is 0 Å². The predicted octanol–water partition coefficient (Wildman–Crippen LogP) is -0.486. The molecule has 0 spiro atoms. The Morgan fingerprint density at radius 1 is 0.850 bits per heavy atom. The van der Waals surface area contributed by atoms with Crippen molar-refractivity contribution in [1.29, 1.82) is 0 Å². The van der Waals surface area contributed by atoms with Crippen LogP contribution >= 0.6 is 12.4 Å². The van der Waals surface area contributed by atoms with Crippen molar-refractivity contribution in [2.45, 2.75) is 9.79 Å². The minimum Gasteiger partial charge on any atom is -0.318 e. The van der Waals surface area contributed by atoms with Gasteiger partial charge in [0, 0.05) is 13.1 Å². The zero-order valence-corrected chi connectivity index (χ0v) is 13.5. The molecular weight excluding hydrogens is 326 g/mol. The molecule has 0 saturated heterocycles. The number of nitrogens with one attached hydrogen (secondary N) is 3. The van der Waals surface area contributed by atoms with E-state index in [2.05, 4.69) is 14.8 Å². The highest BCUT2D eigenvalue weighted by atomic mass is 35.5. The molecule has 1 rings (SSSR count). The molecule has 0 saturated carbocycles. The molecule has 0 bridgehead atoms. The second kappa shape index (κ2) is 7.91. The number of hydrogen-bond donors (Lipinski definition) is 3. The Bertz CT molecular complexity index is 614. The summed E-state index contributed by atoms with van der Waals surface area (Å²) in [7, 11) is -4.16. The van der Waals surface area contributed by atoms with Crippen LogP contribution in [0.5, 0.6) is 0 Å². The molecule has 116 valence electrons. The van der Waals surface area contributed by atoms with Gasteiger partial charge in [0.05, 0.1) is 9.79 Å². The third kappa shape index (κ3) is 5.00. The fourth-order valence-electron chi connectivity index (χ4n) is 1.31. The third-order valence-corrected chi connectivity index (χ3v) is 5.29. The van der Waals surface area contributed by atoms with Crippen LogP contribution in [0.3, 0.4) is 0 Å². The van der Waals surface area contributed by atoms with Gasteiger partial charge in [-0.3, -0.25) is 0 Å². The zero-order valence-electron chi connectivity index (χ0n) is 11.1. The van der Waals surface area contributed by atoms with Crippen molar-refractivity contribution in [2.75, 3.05) is 27.2 Å². The van der Waals surface area contributed by atoms with E-state index in [1.807, 2.05) is 0 Å². The average Bonchev–Trinajstić information content (AvgIpc) is 2.39. The van der Waals surface area contributed by atoms with E-state index >= 15 is 0 Å². The number of sulfonamides is 2. The standard InChI is InChI=1S/C10H17N3O4S2.ClH/c1-11-7-8-13-19(16,17)10-5-3-9(4-6-10)18(14,15)12-2;/h3-6,11-13H,7-8H2,1-2H3;1H. The topological polar surface area (TPSA) is 104 Å². The molecule has 0 atom stereocenters. The van der Waals surface area contributed by atoms with Gasteiger partial charge >= 0.3 is 0 Å². The predicted molar refractivity (Wildman–Crippen MR) is 79.1 cm³/mol. The van der Waals surface area contributed by atoms with E-state index in [0.29, 0.717) is 6.54 Å². The van der Waals surface area contributed by atoms with Crippen molar-refractivity contribution in [3.63, 3.8) is 0 Å². The van der Waals surface area contributed by atoms with Gasteiger partial charge in [0.2, 0.25) is 20.0 Å². The summed E-state index contributed by atoms with van der Waals surface area (Å²) in [5.74, 6) is 0. The lowest BCUT2D eigenvalue weighted by atomic mass is 10.4. The van der Waals surface area contributed by atoms with Crippen LogP contribution in [-0.4, -0.2) is 44.0 Å². The Hall–Kier alpha value is -0.710. The molecule has 0 amide bonds. The number of halogens is 1. The molecule has 7 nitrogen and oxygen atoms in total. The molecule has 0 radical (unpaired) electrons. The fourth-order valence-corrected chi connectivity index (χ4v) is 3.07. The quantitative estimate of drug-likeness (QED) is 0.580. The first kappa shape index (κ1) is 19.3. The van der Waals surface area contributed by atoms with Crippen molar-refractivity contribution in [3.05, 3.63) is 24.3 Å². The van der Waals surface area contributed by atoms with E-state index in [1.54, 1.807) is 7.05 Å². The smallest absolute Gasteiger partial charge is 0.240 e. The molecule has 1 aromatic carbocycles. The van der Waals surface area contributed by atoms with Gasteiger partial charge < -0.3 is 5.32 Å². The molecule has 0 unspecified atom stereocenters. The number of hydrogen-bond acceptors (Lipinski definition) is 5. The number of rotatable bonds is 7. The lowest BCUT2D eigenvalue weighted by molar-refractivity contribution is 0.578. The third-order valence-electron chi connectivity index (χ3n) is 2.38. The molecule has 0 aliphatic heterocycles. The van der Waals surface area contributed by atoms with Crippen molar-refractivity contribution < 1.29 is 16.8 Å². The van der Waals surface area contributed by atoms with E-state index < -0.39 is 20.0 Å². The van der Waals surface area contributed by atoms with Gasteiger partial charge in [-0.2, -0.15) is 0 Å². The molecule has 0 aliphatic rings. The first-order valence-corrected chi connectivity index (χ1v) is 8.48. The Morgan fingerprint density at radius 3 is 1.70 bits per heavy atom.